The van der Waals surface area contributed by atoms with E-state index in [1.165, 1.54) is 0 Å². The molecule has 0 aliphatic rings. The topological polar surface area (TPSA) is 75.2 Å². The van der Waals surface area contributed by atoms with Crippen molar-refractivity contribution in [3.8, 4) is 17.0 Å². The number of benzene rings is 1. The zero-order chi connectivity index (χ0) is 13.8. The maximum Gasteiger partial charge on any atom is 0.313 e. The average molecular weight is 260 g/mol. The second-order valence-electron chi connectivity index (χ2n) is 4.20. The van der Waals surface area contributed by atoms with Crippen LogP contribution in [0.3, 0.4) is 0 Å². The molecule has 2 N–H and O–H groups in total. The molecule has 1 aromatic carbocycles. The van der Waals surface area contributed by atoms with Crippen molar-refractivity contribution in [2.75, 3.05) is 6.61 Å². The van der Waals surface area contributed by atoms with Crippen LogP contribution in [0.4, 0.5) is 0 Å². The van der Waals surface area contributed by atoms with Crippen LogP contribution in [-0.2, 0) is 4.79 Å². The lowest BCUT2D eigenvalue weighted by Gasteiger charge is -2.04. The second-order valence-corrected chi connectivity index (χ2v) is 4.20. The molecule has 0 aliphatic carbocycles. The molecule has 1 atom stereocenters. The quantitative estimate of drug-likeness (QED) is 0.866. The zero-order valence-electron chi connectivity index (χ0n) is 10.9. The normalized spacial score (nSPS) is 12.1. The Bertz CT molecular complexity index is 560. The number of aromatic amines is 1. The van der Waals surface area contributed by atoms with Gasteiger partial charge in [0.2, 0.25) is 0 Å². The highest BCUT2D eigenvalue weighted by atomic mass is 16.5. The molecule has 1 unspecified atom stereocenters. The lowest BCUT2D eigenvalue weighted by Crippen LogP contribution is -2.08. The second kappa shape index (κ2) is 5.56. The monoisotopic (exact) mass is 260 g/mol. The molecule has 2 aromatic rings. The van der Waals surface area contributed by atoms with Crippen molar-refractivity contribution in [3.63, 3.8) is 0 Å². The Balaban J connectivity index is 2.20. The van der Waals surface area contributed by atoms with Crippen LogP contribution in [0.1, 0.15) is 25.6 Å². The summed E-state index contributed by atoms with van der Waals surface area (Å²) in [7, 11) is 0. The molecular weight excluding hydrogens is 244 g/mol. The van der Waals surface area contributed by atoms with Gasteiger partial charge in [-0.05, 0) is 43.7 Å². The first-order valence-electron chi connectivity index (χ1n) is 6.12. The summed E-state index contributed by atoms with van der Waals surface area (Å²) >= 11 is 0. The summed E-state index contributed by atoms with van der Waals surface area (Å²) in [5.41, 5.74) is 1.74. The third-order valence-electron chi connectivity index (χ3n) is 2.85. The zero-order valence-corrected chi connectivity index (χ0v) is 10.9. The van der Waals surface area contributed by atoms with Gasteiger partial charge in [-0.15, -0.1) is 0 Å². The van der Waals surface area contributed by atoms with E-state index in [4.69, 9.17) is 9.84 Å². The molecule has 100 valence electrons. The molecule has 1 aromatic heterocycles. The number of aliphatic carboxylic acids is 1. The van der Waals surface area contributed by atoms with Gasteiger partial charge in [0.15, 0.2) is 0 Å². The number of carbonyl (C=O) groups is 1. The van der Waals surface area contributed by atoms with Gasteiger partial charge in [-0.3, -0.25) is 4.79 Å². The fourth-order valence-electron chi connectivity index (χ4n) is 1.72. The fraction of sp³-hybridized carbons (Fsp3) is 0.286. The molecule has 2 rings (SSSR count). The predicted octanol–water partition coefficient (Wildman–Crippen LogP) is 2.66. The van der Waals surface area contributed by atoms with E-state index >= 15 is 0 Å². The number of imidazole rings is 1. The highest BCUT2D eigenvalue weighted by Crippen LogP contribution is 2.22. The summed E-state index contributed by atoms with van der Waals surface area (Å²) in [5, 5.41) is 8.93. The Labute approximate surface area is 111 Å². The molecule has 0 spiro atoms. The summed E-state index contributed by atoms with van der Waals surface area (Å²) in [6.07, 6.45) is 1.64. The van der Waals surface area contributed by atoms with Crippen LogP contribution in [0, 0.1) is 0 Å². The predicted molar refractivity (Wildman–Crippen MR) is 71.2 cm³/mol. The van der Waals surface area contributed by atoms with Crippen molar-refractivity contribution >= 4 is 5.97 Å². The molecule has 0 fully saturated rings. The molecule has 0 radical (unpaired) electrons. The number of ether oxygens (including phenoxy) is 1. The van der Waals surface area contributed by atoms with E-state index in [9.17, 15) is 4.79 Å². The number of aromatic nitrogens is 2. The Kier molecular flexibility index (Phi) is 3.85. The lowest BCUT2D eigenvalue weighted by molar-refractivity contribution is -0.138. The van der Waals surface area contributed by atoms with E-state index in [-0.39, 0.29) is 0 Å². The van der Waals surface area contributed by atoms with Gasteiger partial charge in [0.05, 0.1) is 18.5 Å². The number of rotatable bonds is 5. The first-order valence-corrected chi connectivity index (χ1v) is 6.12. The summed E-state index contributed by atoms with van der Waals surface area (Å²) < 4.78 is 5.37. The highest BCUT2D eigenvalue weighted by Gasteiger charge is 2.17. The Morgan fingerprint density at radius 3 is 2.68 bits per heavy atom. The van der Waals surface area contributed by atoms with E-state index in [0.717, 1.165) is 17.0 Å². The molecule has 0 bridgehead atoms. The van der Waals surface area contributed by atoms with Crippen molar-refractivity contribution in [1.29, 1.82) is 0 Å². The van der Waals surface area contributed by atoms with Gasteiger partial charge in [-0.2, -0.15) is 0 Å². The number of hydrogen-bond donors (Lipinski definition) is 2. The van der Waals surface area contributed by atoms with Crippen LogP contribution in [0.5, 0.6) is 5.75 Å². The van der Waals surface area contributed by atoms with Crippen LogP contribution in [-0.4, -0.2) is 27.7 Å². The van der Waals surface area contributed by atoms with Gasteiger partial charge < -0.3 is 14.8 Å². The number of nitrogens with one attached hydrogen (secondary N) is 1. The molecule has 19 heavy (non-hydrogen) atoms. The van der Waals surface area contributed by atoms with Gasteiger partial charge in [0, 0.05) is 0 Å². The summed E-state index contributed by atoms with van der Waals surface area (Å²) in [6.45, 7) is 4.16. The van der Waals surface area contributed by atoms with Gasteiger partial charge in [-0.1, -0.05) is 0 Å². The standard InChI is InChI=1S/C14H16N2O3/c1-3-19-11-6-4-10(5-7-11)12-8-15-13(16-12)9(2)14(17)18/h4-9H,3H2,1-2H3,(H,15,16)(H,17,18). The number of carboxylic acid groups (broad SMARTS) is 1. The van der Waals surface area contributed by atoms with Crippen LogP contribution in [0.25, 0.3) is 11.3 Å². The highest BCUT2D eigenvalue weighted by molar-refractivity contribution is 5.74. The fourth-order valence-corrected chi connectivity index (χ4v) is 1.72. The van der Waals surface area contributed by atoms with Crippen molar-refractivity contribution in [1.82, 2.24) is 9.97 Å². The van der Waals surface area contributed by atoms with Crippen LogP contribution in [0.2, 0.25) is 0 Å². The van der Waals surface area contributed by atoms with E-state index in [1.54, 1.807) is 13.1 Å². The van der Waals surface area contributed by atoms with E-state index in [0.29, 0.717) is 12.4 Å². The van der Waals surface area contributed by atoms with Crippen LogP contribution < -0.4 is 4.74 Å². The first kappa shape index (κ1) is 13.1. The third kappa shape index (κ3) is 2.93. The van der Waals surface area contributed by atoms with Gasteiger partial charge in [0.1, 0.15) is 17.5 Å². The number of nitrogens with zero attached hydrogens (tertiary/aromatic N) is 1. The molecule has 0 saturated heterocycles. The largest absolute Gasteiger partial charge is 0.494 e. The minimum atomic E-state index is -0.896. The molecule has 0 amide bonds. The smallest absolute Gasteiger partial charge is 0.313 e. The Hall–Kier alpha value is -2.30. The third-order valence-corrected chi connectivity index (χ3v) is 2.85. The molecule has 5 heteroatoms. The molecule has 5 nitrogen and oxygen atoms in total. The van der Waals surface area contributed by atoms with Crippen molar-refractivity contribution in [2.45, 2.75) is 19.8 Å². The Morgan fingerprint density at radius 2 is 2.11 bits per heavy atom. The average Bonchev–Trinajstić information content (AvgIpc) is 2.88. The van der Waals surface area contributed by atoms with Crippen LogP contribution >= 0.6 is 0 Å². The molecule has 0 aliphatic heterocycles. The van der Waals surface area contributed by atoms with Crippen molar-refractivity contribution in [2.24, 2.45) is 0 Å². The summed E-state index contributed by atoms with van der Waals surface area (Å²) in [5.74, 6) is -0.273. The number of carboxylic acids is 1. The summed E-state index contributed by atoms with van der Waals surface area (Å²) in [4.78, 5) is 18.0. The maximum atomic E-state index is 10.9. The number of H-pyrrole nitrogens is 1. The molecule has 0 saturated carbocycles. The SMILES string of the molecule is CCOc1ccc(-c2cnc(C(C)C(=O)O)[nH]2)cc1. The van der Waals surface area contributed by atoms with E-state index in [2.05, 4.69) is 9.97 Å². The summed E-state index contributed by atoms with van der Waals surface area (Å²) in [6, 6.07) is 7.57. The van der Waals surface area contributed by atoms with Crippen LogP contribution in [0.15, 0.2) is 30.5 Å². The molecular formula is C14H16N2O3. The Morgan fingerprint density at radius 1 is 1.42 bits per heavy atom. The van der Waals surface area contributed by atoms with Gasteiger partial charge >= 0.3 is 5.97 Å². The van der Waals surface area contributed by atoms with Gasteiger partial charge in [-0.25, -0.2) is 4.98 Å². The number of hydrogen-bond acceptors (Lipinski definition) is 3. The van der Waals surface area contributed by atoms with Gasteiger partial charge in [0.25, 0.3) is 0 Å². The lowest BCUT2D eigenvalue weighted by atomic mass is 10.1. The van der Waals surface area contributed by atoms with E-state index in [1.807, 2.05) is 31.2 Å². The maximum absolute atomic E-state index is 10.9. The first-order chi connectivity index (χ1) is 9.11. The molecule has 1 heterocycles. The minimum absolute atomic E-state index is 0.455. The minimum Gasteiger partial charge on any atom is -0.494 e. The van der Waals surface area contributed by atoms with Crippen molar-refractivity contribution in [3.05, 3.63) is 36.3 Å². The van der Waals surface area contributed by atoms with Crippen molar-refractivity contribution < 1.29 is 14.6 Å². The van der Waals surface area contributed by atoms with E-state index < -0.39 is 11.9 Å².